The summed E-state index contributed by atoms with van der Waals surface area (Å²) in [5, 5.41) is 6.57. The molecule has 15 heavy (non-hydrogen) atoms. The van der Waals surface area contributed by atoms with Gasteiger partial charge < -0.3 is 5.32 Å². The molecule has 2 nitrogen and oxygen atoms in total. The second kappa shape index (κ2) is 4.33. The minimum absolute atomic E-state index is 0.920. The Hall–Kier alpha value is -0.870. The van der Waals surface area contributed by atoms with Crippen LogP contribution in [-0.2, 0) is 0 Å². The SMILES string of the molecule is Cc1cc(Br)cnc1Nc1sccc1C. The molecule has 4 heteroatoms. The van der Waals surface area contributed by atoms with Gasteiger partial charge in [-0.2, -0.15) is 0 Å². The zero-order valence-corrected chi connectivity index (χ0v) is 10.9. The molecular weight excluding hydrogens is 272 g/mol. The van der Waals surface area contributed by atoms with Crippen LogP contribution in [0.15, 0.2) is 28.2 Å². The topological polar surface area (TPSA) is 24.9 Å². The largest absolute Gasteiger partial charge is 0.332 e. The summed E-state index contributed by atoms with van der Waals surface area (Å²) in [6.07, 6.45) is 1.80. The Kier molecular flexibility index (Phi) is 3.07. The molecule has 0 saturated carbocycles. The summed E-state index contributed by atoms with van der Waals surface area (Å²) >= 11 is 5.10. The van der Waals surface area contributed by atoms with Gasteiger partial charge in [0.05, 0.1) is 5.00 Å². The predicted octanol–water partition coefficient (Wildman–Crippen LogP) is 4.27. The zero-order chi connectivity index (χ0) is 10.8. The van der Waals surface area contributed by atoms with Crippen molar-refractivity contribution in [3.63, 3.8) is 0 Å². The highest BCUT2D eigenvalue weighted by molar-refractivity contribution is 9.10. The smallest absolute Gasteiger partial charge is 0.133 e. The average molecular weight is 283 g/mol. The highest BCUT2D eigenvalue weighted by atomic mass is 79.9. The van der Waals surface area contributed by atoms with Crippen LogP contribution in [0.1, 0.15) is 11.1 Å². The van der Waals surface area contributed by atoms with Crippen molar-refractivity contribution >= 4 is 38.1 Å². The Morgan fingerprint density at radius 2 is 2.13 bits per heavy atom. The molecular formula is C11H11BrN2S. The molecule has 78 valence electrons. The van der Waals surface area contributed by atoms with Crippen molar-refractivity contribution in [3.8, 4) is 0 Å². The fraction of sp³-hybridized carbons (Fsp3) is 0.182. The van der Waals surface area contributed by atoms with E-state index >= 15 is 0 Å². The van der Waals surface area contributed by atoms with Crippen LogP contribution in [-0.4, -0.2) is 4.98 Å². The van der Waals surface area contributed by atoms with Crippen LogP contribution in [0, 0.1) is 13.8 Å². The van der Waals surface area contributed by atoms with Crippen LogP contribution in [0.4, 0.5) is 10.8 Å². The number of hydrogen-bond donors (Lipinski definition) is 1. The van der Waals surface area contributed by atoms with Crippen LogP contribution in [0.25, 0.3) is 0 Å². The fourth-order valence-electron chi connectivity index (χ4n) is 1.28. The van der Waals surface area contributed by atoms with E-state index in [-0.39, 0.29) is 0 Å². The van der Waals surface area contributed by atoms with Gasteiger partial charge in [0.25, 0.3) is 0 Å². The van der Waals surface area contributed by atoms with E-state index in [0.717, 1.165) is 20.9 Å². The first kappa shape index (κ1) is 10.6. The Morgan fingerprint density at radius 3 is 2.73 bits per heavy atom. The molecule has 0 spiro atoms. The predicted molar refractivity (Wildman–Crippen MR) is 69.0 cm³/mol. The standard InChI is InChI=1S/C11H11BrN2S/c1-7-3-4-15-11(7)14-10-8(2)5-9(12)6-13-10/h3-6H,1-2H3,(H,13,14). The van der Waals surface area contributed by atoms with Crippen LogP contribution in [0.5, 0.6) is 0 Å². The number of rotatable bonds is 2. The molecule has 2 rings (SSSR count). The third kappa shape index (κ3) is 2.38. The quantitative estimate of drug-likeness (QED) is 0.890. The summed E-state index contributed by atoms with van der Waals surface area (Å²) < 4.78 is 1.01. The second-order valence-electron chi connectivity index (χ2n) is 3.38. The highest BCUT2D eigenvalue weighted by Crippen LogP contribution is 2.27. The Labute approximate surface area is 101 Å². The van der Waals surface area contributed by atoms with Crippen molar-refractivity contribution in [2.45, 2.75) is 13.8 Å². The lowest BCUT2D eigenvalue weighted by atomic mass is 10.3. The van der Waals surface area contributed by atoms with Gasteiger partial charge in [0.2, 0.25) is 0 Å². The number of anilines is 2. The minimum Gasteiger partial charge on any atom is -0.332 e. The van der Waals surface area contributed by atoms with Crippen LogP contribution in [0.3, 0.4) is 0 Å². The number of nitrogens with zero attached hydrogens (tertiary/aromatic N) is 1. The maximum Gasteiger partial charge on any atom is 0.133 e. The van der Waals surface area contributed by atoms with Crippen molar-refractivity contribution in [1.29, 1.82) is 0 Å². The maximum absolute atomic E-state index is 4.34. The molecule has 1 N–H and O–H groups in total. The molecule has 0 saturated heterocycles. The molecule has 2 aromatic rings. The van der Waals surface area contributed by atoms with Crippen molar-refractivity contribution in [2.24, 2.45) is 0 Å². The van der Waals surface area contributed by atoms with Gasteiger partial charge in [-0.1, -0.05) is 0 Å². The second-order valence-corrected chi connectivity index (χ2v) is 5.21. The number of hydrogen-bond acceptors (Lipinski definition) is 3. The van der Waals surface area contributed by atoms with E-state index in [1.807, 2.05) is 6.92 Å². The molecule has 0 atom stereocenters. The van der Waals surface area contributed by atoms with E-state index in [2.05, 4.69) is 50.7 Å². The van der Waals surface area contributed by atoms with Crippen molar-refractivity contribution in [1.82, 2.24) is 4.98 Å². The molecule has 0 aliphatic heterocycles. The Balaban J connectivity index is 2.29. The number of aromatic nitrogens is 1. The van der Waals surface area contributed by atoms with E-state index < -0.39 is 0 Å². The Bertz CT molecular complexity index is 479. The molecule has 2 heterocycles. The lowest BCUT2D eigenvalue weighted by Gasteiger charge is -2.07. The number of halogens is 1. The average Bonchev–Trinajstić information content (AvgIpc) is 2.57. The first-order valence-corrected chi connectivity index (χ1v) is 6.27. The molecule has 0 aliphatic rings. The van der Waals surface area contributed by atoms with Crippen molar-refractivity contribution < 1.29 is 0 Å². The Morgan fingerprint density at radius 1 is 1.33 bits per heavy atom. The van der Waals surface area contributed by atoms with Gasteiger partial charge in [-0.25, -0.2) is 4.98 Å². The van der Waals surface area contributed by atoms with Gasteiger partial charge in [-0.05, 0) is 58.4 Å². The van der Waals surface area contributed by atoms with Crippen molar-refractivity contribution in [2.75, 3.05) is 5.32 Å². The normalized spacial score (nSPS) is 10.3. The summed E-state index contributed by atoms with van der Waals surface area (Å²) in [6, 6.07) is 4.15. The molecule has 0 aliphatic carbocycles. The summed E-state index contributed by atoms with van der Waals surface area (Å²) in [7, 11) is 0. The van der Waals surface area contributed by atoms with Crippen LogP contribution < -0.4 is 5.32 Å². The summed E-state index contributed by atoms with van der Waals surface area (Å²) in [4.78, 5) is 4.34. The number of thiophene rings is 1. The lowest BCUT2D eigenvalue weighted by molar-refractivity contribution is 1.24. The number of nitrogens with one attached hydrogen (secondary N) is 1. The third-order valence-corrected chi connectivity index (χ3v) is 3.50. The number of pyridine rings is 1. The number of aryl methyl sites for hydroxylation is 2. The fourth-order valence-corrected chi connectivity index (χ4v) is 2.54. The van der Waals surface area contributed by atoms with Gasteiger partial charge in [0.15, 0.2) is 0 Å². The highest BCUT2D eigenvalue weighted by Gasteiger charge is 2.04. The van der Waals surface area contributed by atoms with E-state index in [0.29, 0.717) is 0 Å². The molecule has 0 fully saturated rings. The summed E-state index contributed by atoms with van der Waals surface area (Å²) in [5.41, 5.74) is 2.39. The zero-order valence-electron chi connectivity index (χ0n) is 8.54. The van der Waals surface area contributed by atoms with Gasteiger partial charge in [-0.15, -0.1) is 11.3 Å². The third-order valence-electron chi connectivity index (χ3n) is 2.14. The summed E-state index contributed by atoms with van der Waals surface area (Å²) in [6.45, 7) is 4.13. The first-order chi connectivity index (χ1) is 7.16. The first-order valence-electron chi connectivity index (χ1n) is 4.60. The lowest BCUT2D eigenvalue weighted by Crippen LogP contribution is -1.95. The van der Waals surface area contributed by atoms with Gasteiger partial charge in [0.1, 0.15) is 5.82 Å². The van der Waals surface area contributed by atoms with Crippen LogP contribution in [0.2, 0.25) is 0 Å². The van der Waals surface area contributed by atoms with Gasteiger partial charge in [-0.3, -0.25) is 0 Å². The van der Waals surface area contributed by atoms with Gasteiger partial charge >= 0.3 is 0 Å². The molecule has 0 amide bonds. The molecule has 0 bridgehead atoms. The monoisotopic (exact) mass is 282 g/mol. The molecule has 0 radical (unpaired) electrons. The van der Waals surface area contributed by atoms with Gasteiger partial charge in [0, 0.05) is 10.7 Å². The van der Waals surface area contributed by atoms with Crippen LogP contribution >= 0.6 is 27.3 Å². The molecule has 0 aromatic carbocycles. The summed E-state index contributed by atoms with van der Waals surface area (Å²) in [5.74, 6) is 0.920. The van der Waals surface area contributed by atoms with E-state index in [4.69, 9.17) is 0 Å². The van der Waals surface area contributed by atoms with Crippen molar-refractivity contribution in [3.05, 3.63) is 39.3 Å². The van der Waals surface area contributed by atoms with E-state index in [1.165, 1.54) is 5.56 Å². The minimum atomic E-state index is 0.920. The van der Waals surface area contributed by atoms with E-state index in [1.54, 1.807) is 17.5 Å². The maximum atomic E-state index is 4.34. The molecule has 2 aromatic heterocycles. The molecule has 0 unspecified atom stereocenters. The van der Waals surface area contributed by atoms with E-state index in [9.17, 15) is 0 Å².